The second-order valence-corrected chi connectivity index (χ2v) is 8.03. The molecule has 0 spiro atoms. The van der Waals surface area contributed by atoms with Gasteiger partial charge < -0.3 is 9.47 Å². The van der Waals surface area contributed by atoms with E-state index in [1.807, 2.05) is 26.8 Å². The molecule has 0 saturated carbocycles. The standard InChI is InChI=1S/C20H21N3O4S/c1-11-9-15(10-26-19(24)14-7-5-4-6-8-14)27-18(11)23-17-16(28-20(23)25)12(2)21-13(3)22-17/h4-8,11,15,18H,9-10H2,1-3H3/t11-,15+,18-/m1/s1. The topological polar surface area (TPSA) is 83.3 Å². The lowest BCUT2D eigenvalue weighted by molar-refractivity contribution is -0.0382. The minimum absolute atomic E-state index is 0.0894. The van der Waals surface area contributed by atoms with Gasteiger partial charge in [0.2, 0.25) is 0 Å². The second kappa shape index (κ2) is 7.44. The van der Waals surface area contributed by atoms with E-state index in [1.54, 1.807) is 28.8 Å². The smallest absolute Gasteiger partial charge is 0.338 e. The Morgan fingerprint density at radius 2 is 2.04 bits per heavy atom. The van der Waals surface area contributed by atoms with Crippen molar-refractivity contribution in [1.29, 1.82) is 0 Å². The molecule has 3 aromatic rings. The van der Waals surface area contributed by atoms with Gasteiger partial charge in [-0.3, -0.25) is 9.36 Å². The molecule has 1 aliphatic heterocycles. The van der Waals surface area contributed by atoms with Crippen molar-refractivity contribution < 1.29 is 14.3 Å². The summed E-state index contributed by atoms with van der Waals surface area (Å²) in [5.41, 5.74) is 1.91. The van der Waals surface area contributed by atoms with Crippen molar-refractivity contribution in [3.8, 4) is 0 Å². The molecule has 3 heterocycles. The quantitative estimate of drug-likeness (QED) is 0.626. The van der Waals surface area contributed by atoms with Crippen LogP contribution in [0.3, 0.4) is 0 Å². The average molecular weight is 399 g/mol. The van der Waals surface area contributed by atoms with Crippen molar-refractivity contribution >= 4 is 27.7 Å². The highest BCUT2D eigenvalue weighted by Crippen LogP contribution is 2.36. The van der Waals surface area contributed by atoms with Gasteiger partial charge >= 0.3 is 10.8 Å². The Labute approximate surface area is 166 Å². The lowest BCUT2D eigenvalue weighted by Gasteiger charge is -2.17. The Morgan fingerprint density at radius 3 is 2.79 bits per heavy atom. The van der Waals surface area contributed by atoms with E-state index >= 15 is 0 Å². The fraction of sp³-hybridized carbons (Fsp3) is 0.400. The van der Waals surface area contributed by atoms with Gasteiger partial charge in [-0.15, -0.1) is 0 Å². The van der Waals surface area contributed by atoms with E-state index in [0.29, 0.717) is 23.5 Å². The molecule has 8 heteroatoms. The van der Waals surface area contributed by atoms with E-state index in [9.17, 15) is 9.59 Å². The zero-order valence-corrected chi connectivity index (χ0v) is 16.7. The molecule has 1 aliphatic rings. The van der Waals surface area contributed by atoms with E-state index in [2.05, 4.69) is 9.97 Å². The van der Waals surface area contributed by atoms with Gasteiger partial charge in [-0.05, 0) is 32.4 Å². The third-order valence-electron chi connectivity index (χ3n) is 4.86. The second-order valence-electron chi connectivity index (χ2n) is 7.07. The molecular weight excluding hydrogens is 378 g/mol. The first-order chi connectivity index (χ1) is 13.4. The molecule has 7 nitrogen and oxygen atoms in total. The SMILES string of the molecule is Cc1nc(C)c2sc(=O)n([C@@H]3O[C@H](COC(=O)c4ccccc4)C[C@H]3C)c2n1. The molecule has 1 aromatic carbocycles. The van der Waals surface area contributed by atoms with Crippen LogP contribution in [-0.2, 0) is 9.47 Å². The highest BCUT2D eigenvalue weighted by atomic mass is 32.1. The van der Waals surface area contributed by atoms with E-state index in [4.69, 9.17) is 9.47 Å². The largest absolute Gasteiger partial charge is 0.459 e. The normalized spacial score (nSPS) is 21.9. The molecule has 146 valence electrons. The van der Waals surface area contributed by atoms with E-state index in [1.165, 1.54) is 0 Å². The number of carbonyl (C=O) groups is 1. The number of fused-ring (bicyclic) bond motifs is 1. The molecule has 28 heavy (non-hydrogen) atoms. The number of aromatic nitrogens is 3. The number of carbonyl (C=O) groups excluding carboxylic acids is 1. The van der Waals surface area contributed by atoms with Gasteiger partial charge in [0.25, 0.3) is 0 Å². The third-order valence-corrected chi connectivity index (χ3v) is 5.91. The predicted octanol–water partition coefficient (Wildman–Crippen LogP) is 3.25. The zero-order valence-electron chi connectivity index (χ0n) is 15.9. The molecule has 1 fully saturated rings. The van der Waals surface area contributed by atoms with Crippen molar-refractivity contribution in [3.05, 3.63) is 57.1 Å². The number of thiazole rings is 1. The molecule has 0 unspecified atom stereocenters. The molecular formula is C20H21N3O4S. The average Bonchev–Trinajstić information content (AvgIpc) is 3.19. The third kappa shape index (κ3) is 3.45. The van der Waals surface area contributed by atoms with Gasteiger partial charge in [0.15, 0.2) is 5.65 Å². The van der Waals surface area contributed by atoms with Crippen molar-refractivity contribution in [3.63, 3.8) is 0 Å². The molecule has 3 atom stereocenters. The Kier molecular flexibility index (Phi) is 4.99. The van der Waals surface area contributed by atoms with Crippen molar-refractivity contribution in [2.45, 2.75) is 39.5 Å². The lowest BCUT2D eigenvalue weighted by Crippen LogP contribution is -2.24. The molecule has 4 rings (SSSR count). The molecule has 0 radical (unpaired) electrons. The van der Waals surface area contributed by atoms with Gasteiger partial charge in [0.1, 0.15) is 18.7 Å². The molecule has 1 saturated heterocycles. The first kappa shape index (κ1) is 18.8. The minimum atomic E-state index is -0.435. The van der Waals surface area contributed by atoms with Crippen LogP contribution >= 0.6 is 11.3 Å². The van der Waals surface area contributed by atoms with E-state index in [-0.39, 0.29) is 29.5 Å². The summed E-state index contributed by atoms with van der Waals surface area (Å²) in [7, 11) is 0. The van der Waals surface area contributed by atoms with Gasteiger partial charge in [-0.2, -0.15) is 0 Å². The van der Waals surface area contributed by atoms with Gasteiger partial charge in [0, 0.05) is 5.92 Å². The van der Waals surface area contributed by atoms with Crippen LogP contribution in [0, 0.1) is 19.8 Å². The van der Waals surface area contributed by atoms with Gasteiger partial charge in [-0.1, -0.05) is 36.5 Å². The molecule has 0 aliphatic carbocycles. The summed E-state index contributed by atoms with van der Waals surface area (Å²) in [6.45, 7) is 5.87. The molecule has 0 N–H and O–H groups in total. The maximum atomic E-state index is 12.6. The number of hydrogen-bond donors (Lipinski definition) is 0. The molecule has 0 amide bonds. The summed E-state index contributed by atoms with van der Waals surface area (Å²) in [5, 5.41) is 0. The van der Waals surface area contributed by atoms with Crippen LogP contribution in [0.2, 0.25) is 0 Å². The molecule has 2 aromatic heterocycles. The number of ether oxygens (including phenoxy) is 2. The van der Waals surface area contributed by atoms with Crippen LogP contribution in [0.25, 0.3) is 10.3 Å². The lowest BCUT2D eigenvalue weighted by atomic mass is 10.1. The Morgan fingerprint density at radius 1 is 1.29 bits per heavy atom. The van der Waals surface area contributed by atoms with Crippen LogP contribution in [0.4, 0.5) is 0 Å². The van der Waals surface area contributed by atoms with Crippen LogP contribution in [0.1, 0.15) is 41.4 Å². The van der Waals surface area contributed by atoms with Crippen LogP contribution in [0.15, 0.2) is 35.1 Å². The van der Waals surface area contributed by atoms with Crippen molar-refractivity contribution in [1.82, 2.24) is 14.5 Å². The highest BCUT2D eigenvalue weighted by molar-refractivity contribution is 7.16. The summed E-state index contributed by atoms with van der Waals surface area (Å²) in [6.07, 6.45) is -0.00606. The maximum absolute atomic E-state index is 12.6. The summed E-state index contributed by atoms with van der Waals surface area (Å²) >= 11 is 1.14. The number of rotatable bonds is 4. The fourth-order valence-corrected chi connectivity index (χ4v) is 4.47. The first-order valence-corrected chi connectivity index (χ1v) is 9.99. The maximum Gasteiger partial charge on any atom is 0.338 e. The summed E-state index contributed by atoms with van der Waals surface area (Å²) in [5.74, 6) is 0.333. The number of nitrogens with zero attached hydrogens (tertiary/aromatic N) is 3. The summed E-state index contributed by atoms with van der Waals surface area (Å²) in [6, 6.07) is 8.86. The van der Waals surface area contributed by atoms with E-state index < -0.39 is 6.23 Å². The first-order valence-electron chi connectivity index (χ1n) is 9.18. The van der Waals surface area contributed by atoms with E-state index in [0.717, 1.165) is 21.7 Å². The van der Waals surface area contributed by atoms with Crippen LogP contribution in [-0.4, -0.2) is 33.2 Å². The number of esters is 1. The highest BCUT2D eigenvalue weighted by Gasteiger charge is 2.36. The van der Waals surface area contributed by atoms with Gasteiger partial charge in [-0.25, -0.2) is 14.8 Å². The number of hydrogen-bond acceptors (Lipinski definition) is 7. The number of aryl methyl sites for hydroxylation is 2. The number of benzene rings is 1. The van der Waals surface area contributed by atoms with Crippen LogP contribution < -0.4 is 4.87 Å². The zero-order chi connectivity index (χ0) is 19.8. The monoisotopic (exact) mass is 399 g/mol. The Balaban J connectivity index is 1.52. The van der Waals surface area contributed by atoms with Crippen LogP contribution in [0.5, 0.6) is 0 Å². The predicted molar refractivity (Wildman–Crippen MR) is 106 cm³/mol. The minimum Gasteiger partial charge on any atom is -0.459 e. The summed E-state index contributed by atoms with van der Waals surface area (Å²) < 4.78 is 13.9. The Bertz CT molecular complexity index is 1080. The van der Waals surface area contributed by atoms with Gasteiger partial charge in [0.05, 0.1) is 22.1 Å². The van der Waals surface area contributed by atoms with Crippen molar-refractivity contribution in [2.24, 2.45) is 5.92 Å². The Hall–Kier alpha value is -2.58. The van der Waals surface area contributed by atoms with Crippen molar-refractivity contribution in [2.75, 3.05) is 6.61 Å². The molecule has 0 bridgehead atoms. The fourth-order valence-electron chi connectivity index (χ4n) is 3.58. The summed E-state index contributed by atoms with van der Waals surface area (Å²) in [4.78, 5) is 33.5.